The van der Waals surface area contributed by atoms with Crippen LogP contribution in [-0.2, 0) is 0 Å². The molecule has 0 amide bonds. The van der Waals surface area contributed by atoms with E-state index in [0.717, 1.165) is 22.7 Å². The summed E-state index contributed by atoms with van der Waals surface area (Å²) < 4.78 is 11.2. The zero-order valence-electron chi connectivity index (χ0n) is 18.2. The molecule has 34 heavy (non-hydrogen) atoms. The summed E-state index contributed by atoms with van der Waals surface area (Å²) in [7, 11) is 1.46. The molecule has 0 aliphatic rings. The maximum absolute atomic E-state index is 11.0. The van der Waals surface area contributed by atoms with Crippen molar-refractivity contribution in [2.45, 2.75) is 6.92 Å². The first-order chi connectivity index (χ1) is 16.4. The quantitative estimate of drug-likeness (QED) is 0.231. The molecule has 9 heteroatoms. The van der Waals surface area contributed by atoms with E-state index in [-0.39, 0.29) is 17.0 Å². The smallest absolute Gasteiger partial charge is 0.271 e. The molecule has 1 heterocycles. The molecular formula is C25H17N5O4. The Morgan fingerprint density at radius 1 is 1.09 bits per heavy atom. The van der Waals surface area contributed by atoms with Crippen LogP contribution in [0.1, 0.15) is 22.5 Å². The molecule has 9 nitrogen and oxygen atoms in total. The van der Waals surface area contributed by atoms with Gasteiger partial charge in [0, 0.05) is 12.1 Å². The highest BCUT2D eigenvalue weighted by atomic mass is 16.6. The number of aromatic nitrogens is 2. The van der Waals surface area contributed by atoms with Crippen molar-refractivity contribution in [1.29, 1.82) is 10.5 Å². The van der Waals surface area contributed by atoms with E-state index in [0.29, 0.717) is 28.5 Å². The zero-order valence-corrected chi connectivity index (χ0v) is 18.2. The summed E-state index contributed by atoms with van der Waals surface area (Å²) in [6, 6.07) is 18.7. The second kappa shape index (κ2) is 9.15. The van der Waals surface area contributed by atoms with Crippen molar-refractivity contribution >= 4 is 28.4 Å². The number of hydrogen-bond donors (Lipinski definition) is 1. The molecule has 3 aromatic carbocycles. The molecule has 4 aromatic rings. The third kappa shape index (κ3) is 4.40. The van der Waals surface area contributed by atoms with E-state index in [1.54, 1.807) is 24.3 Å². The minimum Gasteiger partial charge on any atom is -0.493 e. The minimum atomic E-state index is -0.581. The first-order valence-corrected chi connectivity index (χ1v) is 10.0. The molecule has 1 aromatic heterocycles. The lowest BCUT2D eigenvalue weighted by Gasteiger charge is -2.12. The summed E-state index contributed by atoms with van der Waals surface area (Å²) in [6.07, 6.45) is 1.67. The van der Waals surface area contributed by atoms with Gasteiger partial charge < -0.3 is 14.5 Å². The Bertz CT molecular complexity index is 1540. The largest absolute Gasteiger partial charge is 0.493 e. The third-order valence-electron chi connectivity index (χ3n) is 5.03. The Morgan fingerprint density at radius 3 is 2.59 bits per heavy atom. The van der Waals surface area contributed by atoms with E-state index in [9.17, 15) is 20.6 Å². The Hall–Kier alpha value is -5.15. The number of hydrogen-bond acceptors (Lipinski definition) is 7. The molecule has 4 rings (SSSR count). The van der Waals surface area contributed by atoms with Gasteiger partial charge in [0.15, 0.2) is 11.5 Å². The second-order valence-electron chi connectivity index (χ2n) is 7.34. The van der Waals surface area contributed by atoms with Gasteiger partial charge in [-0.1, -0.05) is 12.1 Å². The van der Waals surface area contributed by atoms with Crippen LogP contribution in [0.3, 0.4) is 0 Å². The van der Waals surface area contributed by atoms with Crippen LogP contribution in [0.25, 0.3) is 22.7 Å². The molecular weight excluding hydrogens is 434 g/mol. The number of aromatic amines is 1. The number of methoxy groups -OCH3 is 1. The molecule has 0 bridgehead atoms. The first-order valence-electron chi connectivity index (χ1n) is 10.0. The average molecular weight is 451 g/mol. The zero-order chi connectivity index (χ0) is 24.2. The Morgan fingerprint density at radius 2 is 1.88 bits per heavy atom. The summed E-state index contributed by atoms with van der Waals surface area (Å²) in [5.41, 5.74) is 3.51. The van der Waals surface area contributed by atoms with Crippen molar-refractivity contribution in [3.05, 3.63) is 87.2 Å². The maximum atomic E-state index is 11.0. The number of non-ortho nitro benzene ring substituents is 1. The van der Waals surface area contributed by atoms with Gasteiger partial charge in [0.2, 0.25) is 0 Å². The summed E-state index contributed by atoms with van der Waals surface area (Å²) >= 11 is 0. The number of nitrogens with one attached hydrogen (secondary N) is 1. The topological polar surface area (TPSA) is 138 Å². The van der Waals surface area contributed by atoms with Crippen LogP contribution in [0, 0.1) is 39.7 Å². The fourth-order valence-corrected chi connectivity index (χ4v) is 3.36. The van der Waals surface area contributed by atoms with Crippen molar-refractivity contribution in [3.63, 3.8) is 0 Å². The van der Waals surface area contributed by atoms with Gasteiger partial charge in [0.25, 0.3) is 5.69 Å². The number of ether oxygens (including phenoxy) is 2. The molecule has 0 radical (unpaired) electrons. The van der Waals surface area contributed by atoms with E-state index in [2.05, 4.69) is 16.0 Å². The predicted octanol–water partition coefficient (Wildman–Crippen LogP) is 5.52. The molecule has 0 aliphatic heterocycles. The molecule has 0 fully saturated rings. The lowest BCUT2D eigenvalue weighted by atomic mass is 10.1. The van der Waals surface area contributed by atoms with Gasteiger partial charge in [-0.3, -0.25) is 10.1 Å². The SMILES string of the molecule is COc1cc(C=C(C#N)c2nc3ccc(C)cc3[nH]2)ccc1Oc1ccc([N+](=O)[O-])cc1C#N. The van der Waals surface area contributed by atoms with Gasteiger partial charge in [-0.2, -0.15) is 10.5 Å². The summed E-state index contributed by atoms with van der Waals surface area (Å²) in [5, 5.41) is 30.0. The lowest BCUT2D eigenvalue weighted by Crippen LogP contribution is -1.95. The monoisotopic (exact) mass is 451 g/mol. The fourth-order valence-electron chi connectivity index (χ4n) is 3.36. The standard InChI is InChI=1S/C25H17N5O4/c1-15-3-6-20-21(9-15)29-25(28-20)18(14-27)10-16-4-7-23(24(11-16)33-2)34-22-8-5-19(30(31)32)12-17(22)13-26/h3-12H,1-2H3,(H,28,29). The van der Waals surface area contributed by atoms with E-state index in [1.807, 2.05) is 31.2 Å². The van der Waals surface area contributed by atoms with Crippen LogP contribution in [0.2, 0.25) is 0 Å². The number of imidazole rings is 1. The third-order valence-corrected chi connectivity index (χ3v) is 5.03. The summed E-state index contributed by atoms with van der Waals surface area (Å²) in [4.78, 5) is 18.0. The van der Waals surface area contributed by atoms with Gasteiger partial charge in [0.05, 0.1) is 28.6 Å². The number of nitriles is 2. The highest BCUT2D eigenvalue weighted by Gasteiger charge is 2.15. The molecule has 0 unspecified atom stereocenters. The van der Waals surface area contributed by atoms with Crippen LogP contribution < -0.4 is 9.47 Å². The molecule has 0 atom stereocenters. The number of nitrogens with zero attached hydrogens (tertiary/aromatic N) is 4. The van der Waals surface area contributed by atoms with Crippen LogP contribution in [0.5, 0.6) is 17.2 Å². The Balaban J connectivity index is 1.66. The molecule has 0 aliphatic carbocycles. The number of nitro benzene ring substituents is 1. The van der Waals surface area contributed by atoms with E-state index < -0.39 is 4.92 Å². The number of fused-ring (bicyclic) bond motifs is 1. The Labute approximate surface area is 194 Å². The minimum absolute atomic E-state index is 0.0205. The van der Waals surface area contributed by atoms with E-state index >= 15 is 0 Å². The first kappa shape index (κ1) is 22.1. The van der Waals surface area contributed by atoms with Gasteiger partial charge >= 0.3 is 0 Å². The maximum Gasteiger partial charge on any atom is 0.271 e. The van der Waals surface area contributed by atoms with Crippen molar-refractivity contribution in [2.75, 3.05) is 7.11 Å². The molecule has 0 spiro atoms. The molecule has 0 saturated carbocycles. The Kier molecular flexibility index (Phi) is 5.93. The highest BCUT2D eigenvalue weighted by Crippen LogP contribution is 2.35. The van der Waals surface area contributed by atoms with Gasteiger partial charge in [0.1, 0.15) is 29.3 Å². The predicted molar refractivity (Wildman–Crippen MR) is 125 cm³/mol. The molecule has 1 N–H and O–H groups in total. The molecule has 166 valence electrons. The summed E-state index contributed by atoms with van der Waals surface area (Å²) in [5.74, 6) is 1.27. The normalized spacial score (nSPS) is 11.0. The van der Waals surface area contributed by atoms with Crippen LogP contribution >= 0.6 is 0 Å². The van der Waals surface area contributed by atoms with E-state index in [4.69, 9.17) is 9.47 Å². The number of rotatable bonds is 6. The second-order valence-corrected chi connectivity index (χ2v) is 7.34. The number of benzene rings is 3. The van der Waals surface area contributed by atoms with Crippen LogP contribution in [0.15, 0.2) is 54.6 Å². The van der Waals surface area contributed by atoms with Gasteiger partial charge in [-0.05, 0) is 54.5 Å². The van der Waals surface area contributed by atoms with Crippen molar-refractivity contribution in [3.8, 4) is 29.4 Å². The number of aryl methyl sites for hydroxylation is 1. The fraction of sp³-hybridized carbons (Fsp3) is 0.0800. The average Bonchev–Trinajstić information content (AvgIpc) is 3.26. The number of H-pyrrole nitrogens is 1. The summed E-state index contributed by atoms with van der Waals surface area (Å²) in [6.45, 7) is 1.98. The van der Waals surface area contributed by atoms with Gasteiger partial charge in [-0.25, -0.2) is 4.98 Å². The van der Waals surface area contributed by atoms with Crippen molar-refractivity contribution < 1.29 is 14.4 Å². The number of nitro groups is 1. The highest BCUT2D eigenvalue weighted by molar-refractivity contribution is 5.90. The van der Waals surface area contributed by atoms with Crippen molar-refractivity contribution in [2.24, 2.45) is 0 Å². The number of allylic oxidation sites excluding steroid dienone is 1. The van der Waals surface area contributed by atoms with Crippen LogP contribution in [-0.4, -0.2) is 22.0 Å². The molecule has 0 saturated heterocycles. The van der Waals surface area contributed by atoms with Crippen LogP contribution in [0.4, 0.5) is 5.69 Å². The lowest BCUT2D eigenvalue weighted by molar-refractivity contribution is -0.384. The van der Waals surface area contributed by atoms with Gasteiger partial charge in [-0.15, -0.1) is 0 Å². The van der Waals surface area contributed by atoms with Crippen molar-refractivity contribution in [1.82, 2.24) is 9.97 Å². The van der Waals surface area contributed by atoms with E-state index in [1.165, 1.54) is 19.2 Å².